The Hall–Kier alpha value is 0.150. The van der Waals surface area contributed by atoms with E-state index in [2.05, 4.69) is 4.52 Å². The van der Waals surface area contributed by atoms with E-state index < -0.39 is 7.52 Å². The minimum atomic E-state index is -2.41. The number of hydrogen-bond donors (Lipinski definition) is 0. The Morgan fingerprint density at radius 1 is 1.30 bits per heavy atom. The van der Waals surface area contributed by atoms with Crippen LogP contribution in [-0.4, -0.2) is 32.5 Å². The predicted octanol–water partition coefficient (Wildman–Crippen LogP) is 2.04. The molecule has 0 fully saturated rings. The average molecular weight is 167 g/mol. The molecule has 0 spiro atoms. The van der Waals surface area contributed by atoms with E-state index in [0.717, 1.165) is 0 Å². The maximum Gasteiger partial charge on any atom is 0.268 e. The Morgan fingerprint density at radius 3 is 1.60 bits per heavy atom. The molecule has 1 unspecified atom stereocenters. The largest absolute Gasteiger partial charge is 0.321 e. The number of rotatable bonds is 2. The van der Waals surface area contributed by atoms with Gasteiger partial charge in [0.1, 0.15) is 0 Å². The summed E-state index contributed by atoms with van der Waals surface area (Å²) in [6, 6.07) is 0. The lowest BCUT2D eigenvalue weighted by Crippen LogP contribution is -2.07. The van der Waals surface area contributed by atoms with Crippen molar-refractivity contribution in [3.63, 3.8) is 0 Å². The van der Waals surface area contributed by atoms with Crippen LogP contribution < -0.4 is 0 Å². The van der Waals surface area contributed by atoms with Gasteiger partial charge in [-0.15, -0.1) is 0 Å². The lowest BCUT2D eigenvalue weighted by Gasteiger charge is -2.17. The van der Waals surface area contributed by atoms with Gasteiger partial charge in [-0.25, -0.2) is 4.67 Å². The Morgan fingerprint density at radius 2 is 1.60 bits per heavy atom. The second kappa shape index (κ2) is 5.90. The Labute approximate surface area is 63.9 Å². The van der Waals surface area contributed by atoms with E-state index in [1.165, 1.54) is 7.11 Å². The molecule has 4 heteroatoms. The minimum Gasteiger partial charge on any atom is -0.321 e. The van der Waals surface area contributed by atoms with E-state index >= 15 is 0 Å². The topological polar surface area (TPSA) is 29.5 Å². The molecule has 0 aromatic carbocycles. The van der Waals surface area contributed by atoms with Crippen LogP contribution in [0.2, 0.25) is 0 Å². The molecule has 10 heavy (non-hydrogen) atoms. The van der Waals surface area contributed by atoms with E-state index in [-0.39, 0.29) is 0 Å². The summed E-state index contributed by atoms with van der Waals surface area (Å²) in [5, 5.41) is 0. The predicted molar refractivity (Wildman–Crippen MR) is 45.6 cm³/mol. The van der Waals surface area contributed by atoms with E-state index in [0.29, 0.717) is 0 Å². The fourth-order valence-corrected chi connectivity index (χ4v) is 0.490. The van der Waals surface area contributed by atoms with Crippen LogP contribution in [-0.2, 0) is 9.09 Å². The summed E-state index contributed by atoms with van der Waals surface area (Å²) in [6.45, 7) is 5.58. The summed E-state index contributed by atoms with van der Waals surface area (Å²) in [4.78, 5) is 0. The van der Waals surface area contributed by atoms with Crippen molar-refractivity contribution in [3.8, 4) is 0 Å². The van der Waals surface area contributed by atoms with Crippen molar-refractivity contribution in [2.75, 3.05) is 27.9 Å². The van der Waals surface area contributed by atoms with E-state index in [4.69, 9.17) is 0 Å². The first kappa shape index (κ1) is 12.8. The third-order valence-corrected chi connectivity index (χ3v) is 3.20. The average Bonchev–Trinajstić information content (AvgIpc) is 1.92. The van der Waals surface area contributed by atoms with Crippen LogP contribution >= 0.6 is 7.52 Å². The second-order valence-corrected chi connectivity index (χ2v) is 4.60. The first-order valence-electron chi connectivity index (χ1n) is 3.32. The Bertz CT molecular complexity index is 114. The molecule has 1 atom stereocenters. The molecule has 3 nitrogen and oxygen atoms in total. The summed E-state index contributed by atoms with van der Waals surface area (Å²) >= 11 is 0. The summed E-state index contributed by atoms with van der Waals surface area (Å²) in [6.07, 6.45) is 0. The molecule has 64 valence electrons. The second-order valence-electron chi connectivity index (χ2n) is 1.83. The van der Waals surface area contributed by atoms with Crippen LogP contribution in [0.5, 0.6) is 0 Å². The van der Waals surface area contributed by atoms with Gasteiger partial charge in [-0.05, 0) is 14.1 Å². The maximum absolute atomic E-state index is 11.0. The molecule has 0 aliphatic heterocycles. The van der Waals surface area contributed by atoms with Gasteiger partial charge in [-0.1, -0.05) is 13.8 Å². The standard InChI is InChI=1S/C4H12NO2P.C2H6/c1-5(2)8(4,6)7-3;1-2/h1-4H3;1-2H3. The molecule has 0 saturated carbocycles. The summed E-state index contributed by atoms with van der Waals surface area (Å²) in [7, 11) is 2.49. The molecule has 0 aromatic heterocycles. The Kier molecular flexibility index (Phi) is 7.55. The molecule has 0 rings (SSSR count). The van der Waals surface area contributed by atoms with Crippen molar-refractivity contribution < 1.29 is 9.09 Å². The van der Waals surface area contributed by atoms with Gasteiger partial charge in [0.05, 0.1) is 0 Å². The number of hydrogen-bond acceptors (Lipinski definition) is 2. The highest BCUT2D eigenvalue weighted by molar-refractivity contribution is 7.55. The third-order valence-electron chi connectivity index (χ3n) is 1.07. The summed E-state index contributed by atoms with van der Waals surface area (Å²) in [5.41, 5.74) is 0. The molecule has 0 N–H and O–H groups in total. The first-order valence-corrected chi connectivity index (χ1v) is 5.34. The first-order chi connectivity index (χ1) is 4.50. The fourth-order valence-electron chi connectivity index (χ4n) is 0.163. The normalized spacial score (nSPS) is 15.5. The molecule has 0 saturated heterocycles. The monoisotopic (exact) mass is 167 g/mol. The Balaban J connectivity index is 0. The van der Waals surface area contributed by atoms with Crippen LogP contribution in [0.4, 0.5) is 0 Å². The van der Waals surface area contributed by atoms with Crippen molar-refractivity contribution in [1.82, 2.24) is 4.67 Å². The lowest BCUT2D eigenvalue weighted by atomic mass is 11.0. The van der Waals surface area contributed by atoms with Crippen molar-refractivity contribution >= 4 is 7.52 Å². The van der Waals surface area contributed by atoms with Crippen molar-refractivity contribution in [2.45, 2.75) is 13.8 Å². The van der Waals surface area contributed by atoms with Gasteiger partial charge < -0.3 is 4.52 Å². The quantitative estimate of drug-likeness (QED) is 0.589. The van der Waals surface area contributed by atoms with Gasteiger partial charge in [-0.2, -0.15) is 0 Å². The molecular formula is C6H18NO2P. The molecule has 0 radical (unpaired) electrons. The highest BCUT2D eigenvalue weighted by Gasteiger charge is 2.15. The van der Waals surface area contributed by atoms with E-state index in [9.17, 15) is 4.57 Å². The van der Waals surface area contributed by atoms with Gasteiger partial charge in [0.25, 0.3) is 7.52 Å². The van der Waals surface area contributed by atoms with Crippen molar-refractivity contribution in [1.29, 1.82) is 0 Å². The third kappa shape index (κ3) is 4.98. The van der Waals surface area contributed by atoms with Crippen LogP contribution in [0, 0.1) is 0 Å². The molecular weight excluding hydrogens is 149 g/mol. The molecule has 0 heterocycles. The zero-order valence-electron chi connectivity index (χ0n) is 7.71. The highest BCUT2D eigenvalue weighted by atomic mass is 31.2. The smallest absolute Gasteiger partial charge is 0.268 e. The molecule has 0 aliphatic carbocycles. The highest BCUT2D eigenvalue weighted by Crippen LogP contribution is 2.42. The zero-order valence-corrected chi connectivity index (χ0v) is 8.61. The molecule has 0 amide bonds. The summed E-state index contributed by atoms with van der Waals surface area (Å²) < 4.78 is 17.2. The lowest BCUT2D eigenvalue weighted by molar-refractivity contribution is 0.351. The number of nitrogens with zero attached hydrogens (tertiary/aromatic N) is 1. The minimum absolute atomic E-state index is 1.45. The zero-order chi connectivity index (χ0) is 8.78. The van der Waals surface area contributed by atoms with Gasteiger partial charge in [0, 0.05) is 13.8 Å². The van der Waals surface area contributed by atoms with Crippen LogP contribution in [0.1, 0.15) is 13.8 Å². The van der Waals surface area contributed by atoms with Gasteiger partial charge in [0.15, 0.2) is 0 Å². The maximum atomic E-state index is 11.0. The molecule has 0 aromatic rings. The molecule has 0 bridgehead atoms. The van der Waals surface area contributed by atoms with E-state index in [1.54, 1.807) is 25.4 Å². The molecule has 0 aliphatic rings. The van der Waals surface area contributed by atoms with Crippen molar-refractivity contribution in [3.05, 3.63) is 0 Å². The van der Waals surface area contributed by atoms with Gasteiger partial charge in [-0.3, -0.25) is 4.57 Å². The SMILES string of the molecule is CC.COP(C)(=O)N(C)C. The summed E-state index contributed by atoms with van der Waals surface area (Å²) in [5.74, 6) is 0. The fraction of sp³-hybridized carbons (Fsp3) is 1.00. The van der Waals surface area contributed by atoms with Gasteiger partial charge in [0.2, 0.25) is 0 Å². The van der Waals surface area contributed by atoms with Crippen LogP contribution in [0.3, 0.4) is 0 Å². The van der Waals surface area contributed by atoms with Crippen LogP contribution in [0.15, 0.2) is 0 Å². The van der Waals surface area contributed by atoms with Gasteiger partial charge >= 0.3 is 0 Å². The van der Waals surface area contributed by atoms with E-state index in [1.807, 2.05) is 13.8 Å². The van der Waals surface area contributed by atoms with Crippen LogP contribution in [0.25, 0.3) is 0 Å². The van der Waals surface area contributed by atoms with Crippen molar-refractivity contribution in [2.24, 2.45) is 0 Å².